The van der Waals surface area contributed by atoms with E-state index in [4.69, 9.17) is 0 Å². The van der Waals surface area contributed by atoms with Crippen LogP contribution in [-0.2, 0) is 11.3 Å². The van der Waals surface area contributed by atoms with Crippen molar-refractivity contribution in [2.24, 2.45) is 0 Å². The molecular weight excluding hydrogens is 276 g/mol. The fourth-order valence-electron chi connectivity index (χ4n) is 3.22. The topological polar surface area (TPSA) is 42.3 Å². The predicted molar refractivity (Wildman–Crippen MR) is 88.0 cm³/mol. The van der Waals surface area contributed by atoms with Crippen LogP contribution in [0.2, 0.25) is 0 Å². The van der Waals surface area contributed by atoms with Gasteiger partial charge in [0.15, 0.2) is 0 Å². The van der Waals surface area contributed by atoms with E-state index in [0.29, 0.717) is 0 Å². The zero-order valence-electron chi connectivity index (χ0n) is 13.0. The molecule has 1 fully saturated rings. The SMILES string of the molecule is Cc1cc(=O)n(CC(=O)N2CCCCCC2)c2ccccc12. The van der Waals surface area contributed by atoms with Gasteiger partial charge in [-0.2, -0.15) is 0 Å². The van der Waals surface area contributed by atoms with Crippen molar-refractivity contribution in [2.45, 2.75) is 39.2 Å². The molecule has 1 aliphatic heterocycles. The first kappa shape index (κ1) is 14.8. The summed E-state index contributed by atoms with van der Waals surface area (Å²) in [7, 11) is 0. The molecule has 1 aliphatic rings. The van der Waals surface area contributed by atoms with E-state index in [1.165, 1.54) is 12.8 Å². The van der Waals surface area contributed by atoms with Crippen molar-refractivity contribution in [1.82, 2.24) is 9.47 Å². The maximum Gasteiger partial charge on any atom is 0.251 e. The van der Waals surface area contributed by atoms with Gasteiger partial charge in [0.25, 0.3) is 5.56 Å². The fraction of sp³-hybridized carbons (Fsp3) is 0.444. The van der Waals surface area contributed by atoms with Gasteiger partial charge in [-0.15, -0.1) is 0 Å². The van der Waals surface area contributed by atoms with E-state index in [9.17, 15) is 9.59 Å². The molecule has 1 aromatic carbocycles. The highest BCUT2D eigenvalue weighted by Gasteiger charge is 2.17. The van der Waals surface area contributed by atoms with Crippen LogP contribution >= 0.6 is 0 Å². The molecule has 1 amide bonds. The molecule has 2 heterocycles. The molecule has 2 aromatic rings. The Kier molecular flexibility index (Phi) is 4.27. The largest absolute Gasteiger partial charge is 0.341 e. The van der Waals surface area contributed by atoms with Crippen LogP contribution in [0.5, 0.6) is 0 Å². The van der Waals surface area contributed by atoms with Crippen molar-refractivity contribution in [1.29, 1.82) is 0 Å². The molecule has 0 atom stereocenters. The Bertz CT molecular complexity index is 740. The Morgan fingerprint density at radius 1 is 1.09 bits per heavy atom. The Labute approximate surface area is 130 Å². The Hall–Kier alpha value is -2.10. The standard InChI is InChI=1S/C18H22N2O2/c1-14-12-17(21)20(16-9-5-4-8-15(14)16)13-18(22)19-10-6-2-3-7-11-19/h4-5,8-9,12H,2-3,6-7,10-11,13H2,1H3. The van der Waals surface area contributed by atoms with Crippen LogP contribution in [0.4, 0.5) is 0 Å². The fourth-order valence-corrected chi connectivity index (χ4v) is 3.22. The van der Waals surface area contributed by atoms with E-state index in [-0.39, 0.29) is 18.0 Å². The summed E-state index contributed by atoms with van der Waals surface area (Å²) in [4.78, 5) is 26.8. The van der Waals surface area contributed by atoms with Crippen LogP contribution in [0.1, 0.15) is 31.2 Å². The number of fused-ring (bicyclic) bond motifs is 1. The Balaban J connectivity index is 1.93. The summed E-state index contributed by atoms with van der Waals surface area (Å²) in [5.41, 5.74) is 1.70. The number of nitrogens with zero attached hydrogens (tertiary/aromatic N) is 2. The van der Waals surface area contributed by atoms with Gasteiger partial charge >= 0.3 is 0 Å². The summed E-state index contributed by atoms with van der Waals surface area (Å²) in [6.07, 6.45) is 4.51. The molecule has 0 aliphatic carbocycles. The molecule has 0 radical (unpaired) electrons. The number of aryl methyl sites for hydroxylation is 1. The van der Waals surface area contributed by atoms with E-state index in [2.05, 4.69) is 0 Å². The van der Waals surface area contributed by atoms with Crippen LogP contribution in [-0.4, -0.2) is 28.5 Å². The van der Waals surface area contributed by atoms with Gasteiger partial charge in [0.2, 0.25) is 5.91 Å². The number of benzene rings is 1. The van der Waals surface area contributed by atoms with Gasteiger partial charge in [-0.05, 0) is 31.4 Å². The van der Waals surface area contributed by atoms with Crippen molar-refractivity contribution >= 4 is 16.8 Å². The Morgan fingerprint density at radius 3 is 2.50 bits per heavy atom. The number of pyridine rings is 1. The second-order valence-electron chi connectivity index (χ2n) is 6.06. The maximum atomic E-state index is 12.6. The normalized spacial score (nSPS) is 15.8. The number of likely N-dealkylation sites (tertiary alicyclic amines) is 1. The van der Waals surface area contributed by atoms with Crippen LogP contribution in [0.15, 0.2) is 35.1 Å². The van der Waals surface area contributed by atoms with Crippen LogP contribution in [0.3, 0.4) is 0 Å². The van der Waals surface area contributed by atoms with Crippen LogP contribution in [0.25, 0.3) is 10.9 Å². The molecule has 0 saturated carbocycles. The van der Waals surface area contributed by atoms with Crippen molar-refractivity contribution in [3.05, 3.63) is 46.2 Å². The highest BCUT2D eigenvalue weighted by Crippen LogP contribution is 2.16. The lowest BCUT2D eigenvalue weighted by Crippen LogP contribution is -2.37. The zero-order chi connectivity index (χ0) is 15.5. The second kappa shape index (κ2) is 6.34. The van der Waals surface area contributed by atoms with Crippen molar-refractivity contribution in [3.63, 3.8) is 0 Å². The summed E-state index contributed by atoms with van der Waals surface area (Å²) < 4.78 is 1.61. The molecular formula is C18H22N2O2. The first-order valence-corrected chi connectivity index (χ1v) is 8.04. The molecule has 1 saturated heterocycles. The molecule has 1 aromatic heterocycles. The number of amides is 1. The number of hydrogen-bond donors (Lipinski definition) is 0. The summed E-state index contributed by atoms with van der Waals surface area (Å²) in [5.74, 6) is 0.0537. The molecule has 4 nitrogen and oxygen atoms in total. The third kappa shape index (κ3) is 2.91. The number of carbonyl (C=O) groups is 1. The summed E-state index contributed by atoms with van der Waals surface area (Å²) in [5, 5.41) is 1.03. The van der Waals surface area contributed by atoms with Gasteiger partial charge < -0.3 is 4.90 Å². The molecule has 116 valence electrons. The summed E-state index contributed by atoms with van der Waals surface area (Å²) in [6.45, 7) is 3.71. The molecule has 0 bridgehead atoms. The van der Waals surface area contributed by atoms with E-state index in [0.717, 1.165) is 42.4 Å². The molecule has 3 rings (SSSR count). The average Bonchev–Trinajstić information content (AvgIpc) is 2.80. The minimum atomic E-state index is -0.0978. The van der Waals surface area contributed by atoms with Crippen molar-refractivity contribution in [3.8, 4) is 0 Å². The lowest BCUT2D eigenvalue weighted by atomic mass is 10.1. The number of hydrogen-bond acceptors (Lipinski definition) is 2. The average molecular weight is 298 g/mol. The van der Waals surface area contributed by atoms with Gasteiger partial charge in [0, 0.05) is 24.5 Å². The smallest absolute Gasteiger partial charge is 0.251 e. The van der Waals surface area contributed by atoms with Crippen molar-refractivity contribution < 1.29 is 4.79 Å². The predicted octanol–water partition coefficient (Wildman–Crippen LogP) is 2.71. The Morgan fingerprint density at radius 2 is 1.77 bits per heavy atom. The lowest BCUT2D eigenvalue weighted by Gasteiger charge is -2.21. The van der Waals surface area contributed by atoms with Gasteiger partial charge in [-0.25, -0.2) is 0 Å². The third-order valence-corrected chi connectivity index (χ3v) is 4.48. The van der Waals surface area contributed by atoms with Crippen LogP contribution < -0.4 is 5.56 Å². The molecule has 4 heteroatoms. The minimum absolute atomic E-state index is 0.0537. The number of para-hydroxylation sites is 1. The first-order chi connectivity index (χ1) is 10.7. The van der Waals surface area contributed by atoms with Gasteiger partial charge in [-0.3, -0.25) is 14.2 Å². The highest BCUT2D eigenvalue weighted by molar-refractivity contribution is 5.84. The second-order valence-corrected chi connectivity index (χ2v) is 6.06. The molecule has 0 unspecified atom stereocenters. The molecule has 0 spiro atoms. The van der Waals surface area contributed by atoms with Crippen LogP contribution in [0, 0.1) is 6.92 Å². The van der Waals surface area contributed by atoms with E-state index < -0.39 is 0 Å². The van der Waals surface area contributed by atoms with E-state index >= 15 is 0 Å². The first-order valence-electron chi connectivity index (χ1n) is 8.04. The highest BCUT2D eigenvalue weighted by atomic mass is 16.2. The summed E-state index contributed by atoms with van der Waals surface area (Å²) >= 11 is 0. The lowest BCUT2D eigenvalue weighted by molar-refractivity contribution is -0.131. The number of aromatic nitrogens is 1. The zero-order valence-corrected chi connectivity index (χ0v) is 13.0. The number of rotatable bonds is 2. The third-order valence-electron chi connectivity index (χ3n) is 4.48. The quantitative estimate of drug-likeness (QED) is 0.855. The number of carbonyl (C=O) groups excluding carboxylic acids is 1. The minimum Gasteiger partial charge on any atom is -0.341 e. The van der Waals surface area contributed by atoms with E-state index in [1.54, 1.807) is 10.6 Å². The van der Waals surface area contributed by atoms with Gasteiger partial charge in [-0.1, -0.05) is 31.0 Å². The molecule has 22 heavy (non-hydrogen) atoms. The van der Waals surface area contributed by atoms with Gasteiger partial charge in [0.05, 0.1) is 5.52 Å². The van der Waals surface area contributed by atoms with Crippen molar-refractivity contribution in [2.75, 3.05) is 13.1 Å². The van der Waals surface area contributed by atoms with Gasteiger partial charge in [0.1, 0.15) is 6.54 Å². The molecule has 0 N–H and O–H groups in total. The van der Waals surface area contributed by atoms with E-state index in [1.807, 2.05) is 36.1 Å². The maximum absolute atomic E-state index is 12.6. The summed E-state index contributed by atoms with van der Waals surface area (Å²) in [6, 6.07) is 9.41. The monoisotopic (exact) mass is 298 g/mol.